The topological polar surface area (TPSA) is 75.6 Å². The third-order valence-electron chi connectivity index (χ3n) is 3.91. The molecule has 2 N–H and O–H groups in total. The number of carbonyl (C=O) groups is 2. The van der Waals surface area contributed by atoms with Crippen LogP contribution in [0.15, 0.2) is 24.3 Å². The Balaban J connectivity index is 2.63. The third-order valence-corrected chi connectivity index (χ3v) is 3.91. The minimum atomic E-state index is -1.06. The van der Waals surface area contributed by atoms with Gasteiger partial charge in [-0.15, -0.1) is 0 Å². The van der Waals surface area contributed by atoms with Gasteiger partial charge in [-0.3, -0.25) is 9.59 Å². The van der Waals surface area contributed by atoms with Gasteiger partial charge in [0, 0.05) is 13.0 Å². The van der Waals surface area contributed by atoms with Crippen LogP contribution in [0.1, 0.15) is 32.8 Å². The van der Waals surface area contributed by atoms with E-state index in [1.54, 1.807) is 14.0 Å². The summed E-state index contributed by atoms with van der Waals surface area (Å²) in [6, 6.07) is 7.38. The molecule has 0 aliphatic rings. The van der Waals surface area contributed by atoms with Gasteiger partial charge in [0.15, 0.2) is 0 Å². The van der Waals surface area contributed by atoms with Gasteiger partial charge in [0.25, 0.3) is 0 Å². The van der Waals surface area contributed by atoms with Crippen molar-refractivity contribution in [1.29, 1.82) is 0 Å². The minimum absolute atomic E-state index is 0.0377. The third kappa shape index (κ3) is 4.48. The zero-order chi connectivity index (χ0) is 16.0. The Kier molecular flexibility index (Phi) is 5.76. The van der Waals surface area contributed by atoms with Gasteiger partial charge in [0.05, 0.1) is 12.5 Å². The normalized spacial score (nSPS) is 13.6. The summed E-state index contributed by atoms with van der Waals surface area (Å²) in [6.07, 6.45) is -0.0377. The second-order valence-electron chi connectivity index (χ2n) is 5.68. The van der Waals surface area contributed by atoms with Crippen molar-refractivity contribution >= 4 is 11.9 Å². The molecule has 0 aromatic heterocycles. The van der Waals surface area contributed by atoms with E-state index >= 15 is 0 Å². The number of carbonyl (C=O) groups excluding carboxylic acids is 1. The number of amides is 1. The van der Waals surface area contributed by atoms with E-state index in [2.05, 4.69) is 5.32 Å². The molecule has 116 valence electrons. The Labute approximate surface area is 125 Å². The number of nitrogens with one attached hydrogen (secondary N) is 1. The Bertz CT molecular complexity index is 513. The Morgan fingerprint density at radius 3 is 2.57 bits per heavy atom. The van der Waals surface area contributed by atoms with E-state index in [-0.39, 0.29) is 18.2 Å². The Morgan fingerprint density at radius 2 is 2.05 bits per heavy atom. The Hall–Kier alpha value is -2.04. The molecule has 0 fully saturated rings. The van der Waals surface area contributed by atoms with Crippen molar-refractivity contribution < 1.29 is 19.4 Å². The summed E-state index contributed by atoms with van der Waals surface area (Å²) in [5.41, 5.74) is -0.150. The van der Waals surface area contributed by atoms with Crippen LogP contribution in [-0.2, 0) is 16.1 Å². The Morgan fingerprint density at radius 1 is 1.38 bits per heavy atom. The fourth-order valence-electron chi connectivity index (χ4n) is 1.91. The van der Waals surface area contributed by atoms with Gasteiger partial charge >= 0.3 is 5.97 Å². The molecule has 0 saturated carbocycles. The van der Waals surface area contributed by atoms with E-state index in [9.17, 15) is 14.7 Å². The molecule has 5 heteroatoms. The lowest BCUT2D eigenvalue weighted by molar-refractivity contribution is -0.153. The molecule has 0 aliphatic heterocycles. The number of carboxylic acid groups (broad SMARTS) is 1. The second kappa shape index (κ2) is 7.11. The van der Waals surface area contributed by atoms with Gasteiger partial charge in [-0.2, -0.15) is 0 Å². The molecule has 1 amide bonds. The highest BCUT2D eigenvalue weighted by molar-refractivity contribution is 5.84. The number of benzene rings is 1. The predicted molar refractivity (Wildman–Crippen MR) is 80.0 cm³/mol. The number of hydrogen-bond donors (Lipinski definition) is 2. The van der Waals surface area contributed by atoms with Crippen LogP contribution in [-0.4, -0.2) is 24.1 Å². The molecule has 0 bridgehead atoms. The number of aliphatic carboxylic acids is 1. The standard InChI is InChI=1S/C16H23NO4/c1-11(2)16(3,15(19)20)9-14(18)17-10-12-6-5-7-13(8-12)21-4/h5-8,11H,9-10H2,1-4H3,(H,17,18)(H,19,20). The van der Waals surface area contributed by atoms with Crippen LogP contribution < -0.4 is 10.1 Å². The maximum Gasteiger partial charge on any atom is 0.310 e. The molecule has 1 unspecified atom stereocenters. The molecule has 1 aromatic rings. The monoisotopic (exact) mass is 293 g/mol. The summed E-state index contributed by atoms with van der Waals surface area (Å²) in [5.74, 6) is -0.623. The van der Waals surface area contributed by atoms with Crippen molar-refractivity contribution in [3.63, 3.8) is 0 Å². The summed E-state index contributed by atoms with van der Waals surface area (Å²) in [7, 11) is 1.58. The molecule has 1 rings (SSSR count). The molecule has 1 atom stereocenters. The van der Waals surface area contributed by atoms with Crippen molar-refractivity contribution in [1.82, 2.24) is 5.32 Å². The van der Waals surface area contributed by atoms with Crippen molar-refractivity contribution in [3.8, 4) is 5.75 Å². The maximum absolute atomic E-state index is 12.0. The van der Waals surface area contributed by atoms with Gasteiger partial charge in [-0.25, -0.2) is 0 Å². The van der Waals surface area contributed by atoms with E-state index in [4.69, 9.17) is 4.74 Å². The summed E-state index contributed by atoms with van der Waals surface area (Å²) in [4.78, 5) is 23.3. The van der Waals surface area contributed by atoms with E-state index in [1.165, 1.54) is 0 Å². The zero-order valence-electron chi connectivity index (χ0n) is 13.0. The van der Waals surface area contributed by atoms with Crippen LogP contribution in [0.2, 0.25) is 0 Å². The second-order valence-corrected chi connectivity index (χ2v) is 5.68. The molecule has 5 nitrogen and oxygen atoms in total. The molecule has 21 heavy (non-hydrogen) atoms. The first-order chi connectivity index (χ1) is 9.79. The maximum atomic E-state index is 12.0. The highest BCUT2D eigenvalue weighted by Gasteiger charge is 2.38. The highest BCUT2D eigenvalue weighted by Crippen LogP contribution is 2.31. The summed E-state index contributed by atoms with van der Waals surface area (Å²) in [5, 5.41) is 12.1. The summed E-state index contributed by atoms with van der Waals surface area (Å²) < 4.78 is 5.11. The molecule has 0 radical (unpaired) electrons. The first kappa shape index (κ1) is 17.0. The van der Waals surface area contributed by atoms with E-state index in [0.717, 1.165) is 11.3 Å². The number of hydrogen-bond acceptors (Lipinski definition) is 3. The fourth-order valence-corrected chi connectivity index (χ4v) is 1.91. The fraction of sp³-hybridized carbons (Fsp3) is 0.500. The van der Waals surface area contributed by atoms with E-state index in [0.29, 0.717) is 6.54 Å². The number of rotatable bonds is 7. The van der Waals surface area contributed by atoms with Gasteiger partial charge in [0.2, 0.25) is 5.91 Å². The molecular formula is C16H23NO4. The van der Waals surface area contributed by atoms with Crippen LogP contribution in [0.5, 0.6) is 5.75 Å². The van der Waals surface area contributed by atoms with Gasteiger partial charge < -0.3 is 15.2 Å². The molecule has 1 aromatic carbocycles. The molecule has 0 spiro atoms. The average Bonchev–Trinajstić information content (AvgIpc) is 2.44. The highest BCUT2D eigenvalue weighted by atomic mass is 16.5. The molecular weight excluding hydrogens is 270 g/mol. The number of ether oxygens (including phenoxy) is 1. The lowest BCUT2D eigenvalue weighted by Crippen LogP contribution is -2.39. The van der Waals surface area contributed by atoms with Crippen LogP contribution >= 0.6 is 0 Å². The average molecular weight is 293 g/mol. The predicted octanol–water partition coefficient (Wildman–Crippen LogP) is 2.45. The van der Waals surface area contributed by atoms with Gasteiger partial charge in [-0.05, 0) is 30.5 Å². The van der Waals surface area contributed by atoms with Crippen LogP contribution in [0, 0.1) is 11.3 Å². The van der Waals surface area contributed by atoms with Crippen molar-refractivity contribution in [2.75, 3.05) is 7.11 Å². The quantitative estimate of drug-likeness (QED) is 0.809. The number of carboxylic acids is 1. The largest absolute Gasteiger partial charge is 0.497 e. The lowest BCUT2D eigenvalue weighted by atomic mass is 9.76. The van der Waals surface area contributed by atoms with Crippen molar-refractivity contribution in [2.45, 2.75) is 33.7 Å². The van der Waals surface area contributed by atoms with Gasteiger partial charge in [0.1, 0.15) is 5.75 Å². The van der Waals surface area contributed by atoms with Crippen molar-refractivity contribution in [2.24, 2.45) is 11.3 Å². The van der Waals surface area contributed by atoms with Crippen LogP contribution in [0.25, 0.3) is 0 Å². The smallest absolute Gasteiger partial charge is 0.310 e. The van der Waals surface area contributed by atoms with E-state index in [1.807, 2.05) is 38.1 Å². The molecule has 0 aliphatic carbocycles. The zero-order valence-corrected chi connectivity index (χ0v) is 13.0. The molecule has 0 saturated heterocycles. The van der Waals surface area contributed by atoms with E-state index < -0.39 is 11.4 Å². The first-order valence-electron chi connectivity index (χ1n) is 6.92. The lowest BCUT2D eigenvalue weighted by Gasteiger charge is -2.28. The van der Waals surface area contributed by atoms with Gasteiger partial charge in [-0.1, -0.05) is 26.0 Å². The SMILES string of the molecule is COc1cccc(CNC(=O)CC(C)(C(=O)O)C(C)C)c1. The summed E-state index contributed by atoms with van der Waals surface area (Å²) >= 11 is 0. The summed E-state index contributed by atoms with van der Waals surface area (Å²) in [6.45, 7) is 5.57. The molecule has 0 heterocycles. The van der Waals surface area contributed by atoms with Crippen LogP contribution in [0.4, 0.5) is 0 Å². The first-order valence-corrected chi connectivity index (χ1v) is 6.92. The van der Waals surface area contributed by atoms with Crippen LogP contribution in [0.3, 0.4) is 0 Å². The minimum Gasteiger partial charge on any atom is -0.497 e. The van der Waals surface area contributed by atoms with Crippen molar-refractivity contribution in [3.05, 3.63) is 29.8 Å². The number of methoxy groups -OCH3 is 1.